The Labute approximate surface area is 108 Å². The van der Waals surface area contributed by atoms with Gasteiger partial charge in [-0.3, -0.25) is 4.79 Å². The lowest BCUT2D eigenvalue weighted by molar-refractivity contribution is -0.137. The van der Waals surface area contributed by atoms with Crippen LogP contribution in [-0.2, 0) is 11.0 Å². The van der Waals surface area contributed by atoms with Crippen molar-refractivity contribution in [3.63, 3.8) is 0 Å². The Hall–Kier alpha value is -1.99. The lowest BCUT2D eigenvalue weighted by atomic mass is 10.2. The molecule has 0 bridgehead atoms. The van der Waals surface area contributed by atoms with Crippen LogP contribution < -0.4 is 16.0 Å². The molecule has 0 aromatic carbocycles. The molecular formula is C11H15F3N4O. The molecule has 0 aliphatic carbocycles. The molecule has 0 radical (unpaired) electrons. The van der Waals surface area contributed by atoms with Crippen molar-refractivity contribution in [1.29, 1.82) is 0 Å². The summed E-state index contributed by atoms with van der Waals surface area (Å²) in [5.41, 5.74) is -0.835. The van der Waals surface area contributed by atoms with Gasteiger partial charge in [0.05, 0.1) is 5.56 Å². The van der Waals surface area contributed by atoms with Crippen molar-refractivity contribution in [2.75, 3.05) is 24.7 Å². The fourth-order valence-electron chi connectivity index (χ4n) is 1.40. The van der Waals surface area contributed by atoms with E-state index in [1.54, 1.807) is 0 Å². The number of carbonyl (C=O) groups excluding carboxylic acids is 1. The zero-order chi connectivity index (χ0) is 14.6. The normalized spacial score (nSPS) is 12.7. The molecule has 0 aliphatic rings. The van der Waals surface area contributed by atoms with Crippen LogP contribution in [0.2, 0.25) is 0 Å². The maximum atomic E-state index is 12.7. The van der Waals surface area contributed by atoms with Gasteiger partial charge in [0.15, 0.2) is 0 Å². The molecule has 5 nitrogen and oxygen atoms in total. The van der Waals surface area contributed by atoms with E-state index in [0.29, 0.717) is 0 Å². The Balaban J connectivity index is 3.04. The number of hydrogen-bond acceptors (Lipinski definition) is 4. The first-order valence-corrected chi connectivity index (χ1v) is 5.53. The van der Waals surface area contributed by atoms with Crippen molar-refractivity contribution in [3.05, 3.63) is 17.7 Å². The number of alkyl halides is 3. The molecule has 106 valence electrons. The molecule has 1 atom stereocenters. The summed E-state index contributed by atoms with van der Waals surface area (Å²) >= 11 is 0. The van der Waals surface area contributed by atoms with Gasteiger partial charge in [0.2, 0.25) is 5.91 Å². The summed E-state index contributed by atoms with van der Waals surface area (Å²) in [6.45, 7) is 1.53. The van der Waals surface area contributed by atoms with E-state index in [1.165, 1.54) is 21.0 Å². The number of anilines is 2. The fourth-order valence-corrected chi connectivity index (χ4v) is 1.40. The molecule has 0 aliphatic heterocycles. The van der Waals surface area contributed by atoms with Crippen molar-refractivity contribution in [3.8, 4) is 0 Å². The summed E-state index contributed by atoms with van der Waals surface area (Å²) in [6, 6.07) is 1.07. The van der Waals surface area contributed by atoms with Gasteiger partial charge in [0.1, 0.15) is 17.7 Å². The van der Waals surface area contributed by atoms with Crippen LogP contribution in [0.25, 0.3) is 0 Å². The van der Waals surface area contributed by atoms with Crippen LogP contribution in [0.15, 0.2) is 12.1 Å². The summed E-state index contributed by atoms with van der Waals surface area (Å²) < 4.78 is 38.1. The van der Waals surface area contributed by atoms with Crippen LogP contribution in [0.5, 0.6) is 0 Å². The zero-order valence-electron chi connectivity index (χ0n) is 10.7. The number of carbonyl (C=O) groups is 1. The van der Waals surface area contributed by atoms with Crippen LogP contribution in [0.3, 0.4) is 0 Å². The quantitative estimate of drug-likeness (QED) is 0.783. The van der Waals surface area contributed by atoms with Gasteiger partial charge in [-0.05, 0) is 19.1 Å². The van der Waals surface area contributed by atoms with E-state index < -0.39 is 17.8 Å². The molecule has 19 heavy (non-hydrogen) atoms. The van der Waals surface area contributed by atoms with Crippen molar-refractivity contribution in [2.24, 2.45) is 0 Å². The maximum absolute atomic E-state index is 12.7. The predicted octanol–water partition coefficient (Wildman–Crippen LogP) is 1.69. The second-order valence-electron chi connectivity index (χ2n) is 3.85. The van der Waals surface area contributed by atoms with Gasteiger partial charge >= 0.3 is 6.18 Å². The SMILES string of the molecule is CNC(=O)C(C)Nc1cc(C(F)(F)F)cc(NC)n1. The highest BCUT2D eigenvalue weighted by Gasteiger charge is 2.31. The monoisotopic (exact) mass is 276 g/mol. The number of pyridine rings is 1. The molecular weight excluding hydrogens is 261 g/mol. The van der Waals surface area contributed by atoms with E-state index in [9.17, 15) is 18.0 Å². The molecule has 1 aromatic rings. The minimum absolute atomic E-state index is 0.0183. The highest BCUT2D eigenvalue weighted by molar-refractivity contribution is 5.83. The first-order chi connectivity index (χ1) is 8.77. The number of rotatable bonds is 4. The highest BCUT2D eigenvalue weighted by atomic mass is 19.4. The summed E-state index contributed by atoms with van der Waals surface area (Å²) in [6.07, 6.45) is -4.47. The molecule has 1 aromatic heterocycles. The summed E-state index contributed by atoms with van der Waals surface area (Å²) in [5.74, 6) is -0.290. The second kappa shape index (κ2) is 5.77. The number of hydrogen-bond donors (Lipinski definition) is 3. The first-order valence-electron chi connectivity index (χ1n) is 5.53. The van der Waals surface area contributed by atoms with Crippen LogP contribution in [0.4, 0.5) is 24.8 Å². The van der Waals surface area contributed by atoms with Gasteiger partial charge < -0.3 is 16.0 Å². The molecule has 0 saturated heterocycles. The van der Waals surface area contributed by atoms with Gasteiger partial charge in [0.25, 0.3) is 0 Å². The number of nitrogens with one attached hydrogen (secondary N) is 3. The van der Waals surface area contributed by atoms with E-state index in [4.69, 9.17) is 0 Å². The predicted molar refractivity (Wildman–Crippen MR) is 65.9 cm³/mol. The van der Waals surface area contributed by atoms with Crippen molar-refractivity contribution in [2.45, 2.75) is 19.1 Å². The second-order valence-corrected chi connectivity index (χ2v) is 3.85. The smallest absolute Gasteiger partial charge is 0.373 e. The Morgan fingerprint density at radius 3 is 2.32 bits per heavy atom. The van der Waals surface area contributed by atoms with Crippen LogP contribution in [0.1, 0.15) is 12.5 Å². The molecule has 0 spiro atoms. The third-order valence-corrected chi connectivity index (χ3v) is 2.41. The zero-order valence-corrected chi connectivity index (χ0v) is 10.7. The summed E-state index contributed by atoms with van der Waals surface area (Å²) in [5, 5.41) is 7.55. The third-order valence-electron chi connectivity index (χ3n) is 2.41. The minimum Gasteiger partial charge on any atom is -0.373 e. The average molecular weight is 276 g/mol. The fraction of sp³-hybridized carbons (Fsp3) is 0.455. The average Bonchev–Trinajstić information content (AvgIpc) is 2.36. The molecule has 1 rings (SSSR count). The number of likely N-dealkylation sites (N-methyl/N-ethyl adjacent to an activating group) is 1. The lowest BCUT2D eigenvalue weighted by Crippen LogP contribution is -2.35. The van der Waals surface area contributed by atoms with E-state index in [1.807, 2.05) is 0 Å². The number of amides is 1. The van der Waals surface area contributed by atoms with Crippen molar-refractivity contribution in [1.82, 2.24) is 10.3 Å². The molecule has 0 fully saturated rings. The number of nitrogens with zero attached hydrogens (tertiary/aromatic N) is 1. The van der Waals surface area contributed by atoms with Crippen molar-refractivity contribution >= 4 is 17.5 Å². The highest BCUT2D eigenvalue weighted by Crippen LogP contribution is 2.32. The Kier molecular flexibility index (Phi) is 4.57. The number of aromatic nitrogens is 1. The number of halogens is 3. The van der Waals surface area contributed by atoms with E-state index >= 15 is 0 Å². The van der Waals surface area contributed by atoms with Gasteiger partial charge in [-0.15, -0.1) is 0 Å². The Morgan fingerprint density at radius 2 is 1.84 bits per heavy atom. The molecule has 1 amide bonds. The Morgan fingerprint density at radius 1 is 1.26 bits per heavy atom. The molecule has 8 heteroatoms. The standard InChI is InChI=1S/C11H15F3N4O/c1-6(10(19)16-3)17-9-5-7(11(12,13)14)4-8(15-2)18-9/h4-6H,1-3H3,(H,16,19)(H2,15,17,18). The topological polar surface area (TPSA) is 66.1 Å². The first kappa shape index (κ1) is 15.1. The molecule has 3 N–H and O–H groups in total. The van der Waals surface area contributed by atoms with Crippen molar-refractivity contribution < 1.29 is 18.0 Å². The third kappa shape index (κ3) is 4.01. The van der Waals surface area contributed by atoms with E-state index in [2.05, 4.69) is 20.9 Å². The van der Waals surface area contributed by atoms with Crippen LogP contribution in [-0.4, -0.2) is 31.0 Å². The van der Waals surface area contributed by atoms with E-state index in [0.717, 1.165) is 12.1 Å². The van der Waals surface area contributed by atoms with Crippen LogP contribution in [0, 0.1) is 0 Å². The molecule has 1 unspecified atom stereocenters. The van der Waals surface area contributed by atoms with E-state index in [-0.39, 0.29) is 17.5 Å². The van der Waals surface area contributed by atoms with Gasteiger partial charge in [-0.2, -0.15) is 13.2 Å². The largest absolute Gasteiger partial charge is 0.416 e. The van der Waals surface area contributed by atoms with Gasteiger partial charge in [-0.1, -0.05) is 0 Å². The van der Waals surface area contributed by atoms with Crippen LogP contribution >= 0.6 is 0 Å². The van der Waals surface area contributed by atoms with Gasteiger partial charge in [-0.25, -0.2) is 4.98 Å². The summed E-state index contributed by atoms with van der Waals surface area (Å²) in [4.78, 5) is 15.2. The maximum Gasteiger partial charge on any atom is 0.416 e. The molecule has 1 heterocycles. The lowest BCUT2D eigenvalue weighted by Gasteiger charge is -2.16. The molecule has 0 saturated carbocycles. The minimum atomic E-state index is -4.47. The van der Waals surface area contributed by atoms with Gasteiger partial charge in [0, 0.05) is 14.1 Å². The Bertz CT molecular complexity index is 462. The summed E-state index contributed by atoms with van der Waals surface area (Å²) in [7, 11) is 2.91.